The van der Waals surface area contributed by atoms with E-state index in [9.17, 15) is 22.8 Å². The van der Waals surface area contributed by atoms with E-state index >= 15 is 0 Å². The standard InChI is InChI=1S/C10H5F3O3/c11-6-1-4(2-7(12)9(6)13)5-3-8(14)16-10(5)15/h1-2,5H,3H2. The van der Waals surface area contributed by atoms with Crippen molar-refractivity contribution in [3.63, 3.8) is 0 Å². The van der Waals surface area contributed by atoms with Crippen molar-refractivity contribution in [1.29, 1.82) is 0 Å². The normalized spacial score (nSPS) is 20.1. The molecule has 0 aromatic heterocycles. The lowest BCUT2D eigenvalue weighted by molar-refractivity contribution is -0.152. The largest absolute Gasteiger partial charge is 0.393 e. The SMILES string of the molecule is O=C1CC(c2cc(F)c(F)c(F)c2)C(=O)O1. The zero-order chi connectivity index (χ0) is 11.9. The molecule has 0 spiro atoms. The minimum Gasteiger partial charge on any atom is -0.393 e. The van der Waals surface area contributed by atoms with E-state index < -0.39 is 35.3 Å². The van der Waals surface area contributed by atoms with Crippen molar-refractivity contribution in [2.75, 3.05) is 0 Å². The molecule has 6 heteroatoms. The first-order chi connectivity index (χ1) is 7.49. The van der Waals surface area contributed by atoms with Crippen LogP contribution in [0.5, 0.6) is 0 Å². The van der Waals surface area contributed by atoms with Crippen LogP contribution >= 0.6 is 0 Å². The molecule has 1 aromatic carbocycles. The molecular weight excluding hydrogens is 225 g/mol. The molecule has 1 saturated heterocycles. The number of esters is 2. The molecule has 84 valence electrons. The molecule has 1 fully saturated rings. The predicted molar refractivity (Wildman–Crippen MR) is 44.8 cm³/mol. The first-order valence-corrected chi connectivity index (χ1v) is 4.38. The highest BCUT2D eigenvalue weighted by molar-refractivity contribution is 5.97. The average molecular weight is 230 g/mol. The molecular formula is C10H5F3O3. The first kappa shape index (κ1) is 10.7. The zero-order valence-electron chi connectivity index (χ0n) is 7.80. The molecule has 16 heavy (non-hydrogen) atoms. The molecule has 0 bridgehead atoms. The summed E-state index contributed by atoms with van der Waals surface area (Å²) in [5, 5.41) is 0. The lowest BCUT2D eigenvalue weighted by Gasteiger charge is -2.05. The monoisotopic (exact) mass is 230 g/mol. The fraction of sp³-hybridized carbons (Fsp3) is 0.200. The second-order valence-electron chi connectivity index (χ2n) is 3.35. The van der Waals surface area contributed by atoms with Gasteiger partial charge in [-0.25, -0.2) is 13.2 Å². The van der Waals surface area contributed by atoms with Crippen molar-refractivity contribution in [2.45, 2.75) is 12.3 Å². The molecule has 2 rings (SSSR count). The third kappa shape index (κ3) is 1.66. The maximum absolute atomic E-state index is 12.9. The van der Waals surface area contributed by atoms with Crippen LogP contribution in [-0.4, -0.2) is 11.9 Å². The van der Waals surface area contributed by atoms with Crippen molar-refractivity contribution in [3.05, 3.63) is 35.1 Å². The molecule has 0 radical (unpaired) electrons. The fourth-order valence-corrected chi connectivity index (χ4v) is 1.51. The van der Waals surface area contributed by atoms with Gasteiger partial charge in [0.1, 0.15) is 0 Å². The van der Waals surface area contributed by atoms with E-state index in [1.165, 1.54) is 0 Å². The Morgan fingerprint density at radius 1 is 1.12 bits per heavy atom. The maximum Gasteiger partial charge on any atom is 0.321 e. The average Bonchev–Trinajstić information content (AvgIpc) is 2.53. The number of halogens is 3. The highest BCUT2D eigenvalue weighted by atomic mass is 19.2. The number of ether oxygens (including phenoxy) is 1. The molecule has 0 aliphatic carbocycles. The molecule has 1 aliphatic rings. The van der Waals surface area contributed by atoms with Gasteiger partial charge < -0.3 is 4.74 Å². The highest BCUT2D eigenvalue weighted by Gasteiger charge is 2.35. The molecule has 1 aromatic rings. The van der Waals surface area contributed by atoms with Gasteiger partial charge in [0.2, 0.25) is 0 Å². The van der Waals surface area contributed by atoms with Gasteiger partial charge in [0.15, 0.2) is 17.5 Å². The Morgan fingerprint density at radius 2 is 1.69 bits per heavy atom. The fourth-order valence-electron chi connectivity index (χ4n) is 1.51. The third-order valence-corrected chi connectivity index (χ3v) is 2.28. The van der Waals surface area contributed by atoms with Crippen molar-refractivity contribution in [1.82, 2.24) is 0 Å². The molecule has 3 nitrogen and oxygen atoms in total. The van der Waals surface area contributed by atoms with Gasteiger partial charge in [-0.15, -0.1) is 0 Å². The summed E-state index contributed by atoms with van der Waals surface area (Å²) in [4.78, 5) is 21.9. The van der Waals surface area contributed by atoms with E-state index in [1.807, 2.05) is 0 Å². The van der Waals surface area contributed by atoms with Gasteiger partial charge >= 0.3 is 11.9 Å². The molecule has 1 atom stereocenters. The number of carbonyl (C=O) groups is 2. The van der Waals surface area contributed by atoms with E-state index in [-0.39, 0.29) is 12.0 Å². The van der Waals surface area contributed by atoms with Crippen molar-refractivity contribution in [3.8, 4) is 0 Å². The van der Waals surface area contributed by atoms with Gasteiger partial charge in [0.25, 0.3) is 0 Å². The Morgan fingerprint density at radius 3 is 2.12 bits per heavy atom. The molecule has 0 N–H and O–H groups in total. The predicted octanol–water partition coefficient (Wildman–Crippen LogP) is 1.66. The summed E-state index contributed by atoms with van der Waals surface area (Å²) in [5.74, 6) is -7.11. The van der Waals surface area contributed by atoms with Crippen LogP contribution in [0.3, 0.4) is 0 Å². The van der Waals surface area contributed by atoms with Crippen LogP contribution in [0.1, 0.15) is 17.9 Å². The Bertz CT molecular complexity index is 461. The smallest absolute Gasteiger partial charge is 0.321 e. The first-order valence-electron chi connectivity index (χ1n) is 4.38. The van der Waals surface area contributed by atoms with Crippen molar-refractivity contribution < 1.29 is 27.5 Å². The second kappa shape index (κ2) is 3.62. The van der Waals surface area contributed by atoms with E-state index in [2.05, 4.69) is 4.74 Å². The van der Waals surface area contributed by atoms with E-state index in [4.69, 9.17) is 0 Å². The Hall–Kier alpha value is -1.85. The molecule has 1 unspecified atom stereocenters. The maximum atomic E-state index is 12.9. The number of cyclic esters (lactones) is 2. The summed E-state index contributed by atoms with van der Waals surface area (Å²) in [7, 11) is 0. The summed E-state index contributed by atoms with van der Waals surface area (Å²) in [5.41, 5.74) is -0.104. The van der Waals surface area contributed by atoms with Crippen LogP contribution in [0.25, 0.3) is 0 Å². The third-order valence-electron chi connectivity index (χ3n) is 2.28. The number of benzene rings is 1. The number of hydrogen-bond acceptors (Lipinski definition) is 3. The van der Waals surface area contributed by atoms with Crippen molar-refractivity contribution in [2.24, 2.45) is 0 Å². The molecule has 1 aliphatic heterocycles. The summed E-state index contributed by atoms with van der Waals surface area (Å²) in [6.07, 6.45) is -0.288. The Labute approximate surface area is 87.8 Å². The zero-order valence-corrected chi connectivity index (χ0v) is 7.80. The van der Waals surface area contributed by atoms with Gasteiger partial charge in [-0.05, 0) is 17.7 Å². The van der Waals surface area contributed by atoms with Crippen molar-refractivity contribution >= 4 is 11.9 Å². The van der Waals surface area contributed by atoms with Crippen LogP contribution in [0.4, 0.5) is 13.2 Å². The van der Waals surface area contributed by atoms with Gasteiger partial charge in [0, 0.05) is 0 Å². The molecule has 0 saturated carbocycles. The minimum absolute atomic E-state index is 0.104. The van der Waals surface area contributed by atoms with Crippen LogP contribution in [0.2, 0.25) is 0 Å². The van der Waals surface area contributed by atoms with Gasteiger partial charge in [-0.1, -0.05) is 0 Å². The highest BCUT2D eigenvalue weighted by Crippen LogP contribution is 2.29. The lowest BCUT2D eigenvalue weighted by Crippen LogP contribution is -2.07. The minimum atomic E-state index is -1.61. The Kier molecular flexibility index (Phi) is 2.41. The van der Waals surface area contributed by atoms with E-state index in [0.717, 1.165) is 0 Å². The summed E-state index contributed by atoms with van der Waals surface area (Å²) in [6, 6.07) is 1.37. The van der Waals surface area contributed by atoms with Gasteiger partial charge in [0.05, 0.1) is 12.3 Å². The molecule has 0 amide bonds. The lowest BCUT2D eigenvalue weighted by atomic mass is 9.97. The second-order valence-corrected chi connectivity index (χ2v) is 3.35. The van der Waals surface area contributed by atoms with Crippen LogP contribution in [0, 0.1) is 17.5 Å². The van der Waals surface area contributed by atoms with E-state index in [1.54, 1.807) is 0 Å². The van der Waals surface area contributed by atoms with Crippen LogP contribution in [-0.2, 0) is 14.3 Å². The number of rotatable bonds is 1. The van der Waals surface area contributed by atoms with Gasteiger partial charge in [-0.3, -0.25) is 9.59 Å². The summed E-state index contributed by atoms with van der Waals surface area (Å²) >= 11 is 0. The van der Waals surface area contributed by atoms with Crippen LogP contribution < -0.4 is 0 Å². The summed E-state index contributed by atoms with van der Waals surface area (Å²) in [6.45, 7) is 0. The van der Waals surface area contributed by atoms with E-state index in [0.29, 0.717) is 12.1 Å². The Balaban J connectivity index is 2.42. The van der Waals surface area contributed by atoms with Gasteiger partial charge in [-0.2, -0.15) is 0 Å². The van der Waals surface area contributed by atoms with Crippen LogP contribution in [0.15, 0.2) is 12.1 Å². The summed E-state index contributed by atoms with van der Waals surface area (Å²) < 4.78 is 42.6. The molecule has 1 heterocycles. The topological polar surface area (TPSA) is 43.4 Å². The number of hydrogen-bond donors (Lipinski definition) is 0. The quantitative estimate of drug-likeness (QED) is 0.418. The number of carbonyl (C=O) groups excluding carboxylic acids is 2.